The standard InChI is InChI=1S/C26H48N6O6/c1-15(2)13-18(28)23(34)30-19(9-6-7-11-27)24(35)29-17(5)22(33)31-20(14-16(3)4)25(36)32-12-8-10-21(32)26(37)38/h15-21H,6-14,27-28H2,1-5H3,(H,29,35)(H,30,34)(H,31,33)(H,37,38)/t17-,18-,19-,20-,21-/m0/s1. The fourth-order valence-electron chi connectivity index (χ4n) is 4.51. The molecule has 1 rings (SSSR count). The van der Waals surface area contributed by atoms with Crippen molar-refractivity contribution >= 4 is 29.6 Å². The van der Waals surface area contributed by atoms with Crippen LogP contribution >= 0.6 is 0 Å². The van der Waals surface area contributed by atoms with Crippen molar-refractivity contribution < 1.29 is 29.1 Å². The summed E-state index contributed by atoms with van der Waals surface area (Å²) in [6.45, 7) is 9.94. The lowest BCUT2D eigenvalue weighted by molar-refractivity contribution is -0.149. The number of nitrogens with two attached hydrogens (primary N) is 2. The van der Waals surface area contributed by atoms with E-state index in [2.05, 4.69) is 16.0 Å². The molecule has 0 radical (unpaired) electrons. The van der Waals surface area contributed by atoms with Crippen molar-refractivity contribution in [3.63, 3.8) is 0 Å². The minimum Gasteiger partial charge on any atom is -0.480 e. The molecule has 4 amide bonds. The number of carboxylic acids is 1. The third-order valence-electron chi connectivity index (χ3n) is 6.54. The molecule has 12 nitrogen and oxygen atoms in total. The molecule has 8 N–H and O–H groups in total. The highest BCUT2D eigenvalue weighted by atomic mass is 16.4. The number of carbonyl (C=O) groups is 5. The molecule has 0 saturated carbocycles. The number of carbonyl (C=O) groups excluding carboxylic acids is 4. The molecule has 0 aromatic heterocycles. The van der Waals surface area contributed by atoms with Gasteiger partial charge in [0, 0.05) is 6.54 Å². The topological polar surface area (TPSA) is 197 Å². The van der Waals surface area contributed by atoms with Crippen LogP contribution in [0.1, 0.15) is 79.6 Å². The van der Waals surface area contributed by atoms with Crippen molar-refractivity contribution in [2.24, 2.45) is 23.3 Å². The van der Waals surface area contributed by atoms with Gasteiger partial charge in [0.1, 0.15) is 24.2 Å². The van der Waals surface area contributed by atoms with Crippen LogP contribution in [0.5, 0.6) is 0 Å². The molecule has 1 fully saturated rings. The zero-order valence-corrected chi connectivity index (χ0v) is 23.5. The number of amides is 4. The number of aliphatic carboxylic acids is 1. The minimum atomic E-state index is -1.07. The van der Waals surface area contributed by atoms with Crippen LogP contribution in [0, 0.1) is 11.8 Å². The van der Waals surface area contributed by atoms with Gasteiger partial charge in [-0.05, 0) is 70.3 Å². The summed E-state index contributed by atoms with van der Waals surface area (Å²) < 4.78 is 0. The molecular formula is C26H48N6O6. The number of nitrogens with zero attached hydrogens (tertiary/aromatic N) is 1. The van der Waals surface area contributed by atoms with E-state index in [-0.39, 0.29) is 11.8 Å². The molecular weight excluding hydrogens is 492 g/mol. The molecule has 1 saturated heterocycles. The van der Waals surface area contributed by atoms with Crippen molar-refractivity contribution in [1.82, 2.24) is 20.9 Å². The smallest absolute Gasteiger partial charge is 0.326 e. The largest absolute Gasteiger partial charge is 0.480 e. The Bertz CT molecular complexity index is 820. The number of rotatable bonds is 16. The zero-order chi connectivity index (χ0) is 29.0. The first-order valence-corrected chi connectivity index (χ1v) is 13.7. The van der Waals surface area contributed by atoms with Gasteiger partial charge in [-0.2, -0.15) is 0 Å². The van der Waals surface area contributed by atoms with Gasteiger partial charge in [0.05, 0.1) is 6.04 Å². The minimum absolute atomic E-state index is 0.0530. The Kier molecular flexibility index (Phi) is 14.3. The average molecular weight is 541 g/mol. The third kappa shape index (κ3) is 10.9. The number of hydrogen-bond donors (Lipinski definition) is 6. The number of hydrogen-bond acceptors (Lipinski definition) is 7. The molecule has 38 heavy (non-hydrogen) atoms. The number of unbranched alkanes of at least 4 members (excludes halogenated alkanes) is 1. The van der Waals surface area contributed by atoms with Crippen LogP contribution < -0.4 is 27.4 Å². The first-order valence-electron chi connectivity index (χ1n) is 13.7. The van der Waals surface area contributed by atoms with Gasteiger partial charge in [0.25, 0.3) is 0 Å². The van der Waals surface area contributed by atoms with E-state index in [4.69, 9.17) is 11.5 Å². The molecule has 0 bridgehead atoms. The molecule has 1 aliphatic rings. The van der Waals surface area contributed by atoms with Crippen LogP contribution in [0.15, 0.2) is 0 Å². The predicted octanol–water partition coefficient (Wildman–Crippen LogP) is 0.0848. The van der Waals surface area contributed by atoms with Crippen LogP contribution in [-0.4, -0.2) is 82.9 Å². The van der Waals surface area contributed by atoms with Gasteiger partial charge in [-0.25, -0.2) is 4.79 Å². The third-order valence-corrected chi connectivity index (χ3v) is 6.54. The highest BCUT2D eigenvalue weighted by Crippen LogP contribution is 2.20. The zero-order valence-electron chi connectivity index (χ0n) is 23.5. The van der Waals surface area contributed by atoms with Crippen LogP contribution in [0.3, 0.4) is 0 Å². The van der Waals surface area contributed by atoms with Crippen LogP contribution in [0.25, 0.3) is 0 Å². The van der Waals surface area contributed by atoms with Crippen LogP contribution in [0.4, 0.5) is 0 Å². The first-order chi connectivity index (χ1) is 17.8. The van der Waals surface area contributed by atoms with Gasteiger partial charge in [-0.15, -0.1) is 0 Å². The van der Waals surface area contributed by atoms with E-state index in [1.807, 2.05) is 27.7 Å². The fourth-order valence-corrected chi connectivity index (χ4v) is 4.51. The summed E-state index contributed by atoms with van der Waals surface area (Å²) in [6, 6.07) is -4.49. The Hall–Kier alpha value is -2.73. The van der Waals surface area contributed by atoms with E-state index in [9.17, 15) is 29.1 Å². The second-order valence-corrected chi connectivity index (χ2v) is 11.0. The van der Waals surface area contributed by atoms with E-state index in [1.165, 1.54) is 11.8 Å². The second-order valence-electron chi connectivity index (χ2n) is 11.0. The van der Waals surface area contributed by atoms with E-state index in [0.29, 0.717) is 58.0 Å². The summed E-state index contributed by atoms with van der Waals surface area (Å²) in [5.41, 5.74) is 11.5. The molecule has 1 aliphatic heterocycles. The highest BCUT2D eigenvalue weighted by Gasteiger charge is 2.38. The Labute approximate surface area is 226 Å². The molecule has 0 unspecified atom stereocenters. The summed E-state index contributed by atoms with van der Waals surface area (Å²) >= 11 is 0. The maximum atomic E-state index is 13.2. The maximum Gasteiger partial charge on any atom is 0.326 e. The SMILES string of the molecule is CC(C)C[C@H](NC(=O)[C@H](C)NC(=O)[C@H](CCCCN)NC(=O)[C@@H](N)CC(C)C)C(=O)N1CCC[C@H]1C(=O)O. The van der Waals surface area contributed by atoms with E-state index < -0.39 is 59.8 Å². The first kappa shape index (κ1) is 33.3. The normalized spacial score (nSPS) is 18.6. The fraction of sp³-hybridized carbons (Fsp3) is 0.808. The number of carboxylic acid groups (broad SMARTS) is 1. The Morgan fingerprint density at radius 2 is 1.47 bits per heavy atom. The highest BCUT2D eigenvalue weighted by molar-refractivity contribution is 5.95. The Morgan fingerprint density at radius 3 is 2.03 bits per heavy atom. The van der Waals surface area contributed by atoms with Gasteiger partial charge >= 0.3 is 5.97 Å². The lowest BCUT2D eigenvalue weighted by atomic mass is 10.0. The van der Waals surface area contributed by atoms with Crippen molar-refractivity contribution in [2.75, 3.05) is 13.1 Å². The van der Waals surface area contributed by atoms with Crippen molar-refractivity contribution in [1.29, 1.82) is 0 Å². The van der Waals surface area contributed by atoms with Crippen LogP contribution in [0.2, 0.25) is 0 Å². The van der Waals surface area contributed by atoms with Crippen molar-refractivity contribution in [3.8, 4) is 0 Å². The Morgan fingerprint density at radius 1 is 0.868 bits per heavy atom. The second kappa shape index (κ2) is 16.3. The summed E-state index contributed by atoms with van der Waals surface area (Å²) in [5.74, 6) is -2.80. The van der Waals surface area contributed by atoms with Crippen molar-refractivity contribution in [2.45, 2.75) is 110 Å². The van der Waals surface area contributed by atoms with Gasteiger partial charge in [0.15, 0.2) is 0 Å². The lowest BCUT2D eigenvalue weighted by Crippen LogP contribution is -2.58. The molecule has 218 valence electrons. The van der Waals surface area contributed by atoms with Gasteiger partial charge in [-0.1, -0.05) is 27.7 Å². The average Bonchev–Trinajstić information content (AvgIpc) is 3.32. The van der Waals surface area contributed by atoms with E-state index in [0.717, 1.165) is 0 Å². The van der Waals surface area contributed by atoms with Gasteiger partial charge < -0.3 is 37.4 Å². The van der Waals surface area contributed by atoms with Gasteiger partial charge in [0.2, 0.25) is 23.6 Å². The monoisotopic (exact) mass is 540 g/mol. The molecule has 12 heteroatoms. The summed E-state index contributed by atoms with van der Waals surface area (Å²) in [5, 5.41) is 17.5. The molecule has 0 spiro atoms. The summed E-state index contributed by atoms with van der Waals surface area (Å²) in [6.07, 6.45) is 3.33. The molecule has 1 heterocycles. The molecule has 0 aliphatic carbocycles. The summed E-state index contributed by atoms with van der Waals surface area (Å²) in [4.78, 5) is 64.7. The lowest BCUT2D eigenvalue weighted by Gasteiger charge is -2.29. The van der Waals surface area contributed by atoms with Gasteiger partial charge in [-0.3, -0.25) is 19.2 Å². The number of likely N-dealkylation sites (tertiary alicyclic amines) is 1. The molecule has 5 atom stereocenters. The van der Waals surface area contributed by atoms with Crippen LogP contribution in [-0.2, 0) is 24.0 Å². The molecule has 0 aromatic carbocycles. The van der Waals surface area contributed by atoms with E-state index in [1.54, 1.807) is 0 Å². The quantitative estimate of drug-likeness (QED) is 0.148. The van der Waals surface area contributed by atoms with E-state index >= 15 is 0 Å². The number of nitrogens with one attached hydrogen (secondary N) is 3. The summed E-state index contributed by atoms with van der Waals surface area (Å²) in [7, 11) is 0. The molecule has 0 aromatic rings. The maximum absolute atomic E-state index is 13.2. The predicted molar refractivity (Wildman–Crippen MR) is 144 cm³/mol. The van der Waals surface area contributed by atoms with Crippen molar-refractivity contribution in [3.05, 3.63) is 0 Å². The Balaban J connectivity index is 2.89.